The van der Waals surface area contributed by atoms with Crippen molar-refractivity contribution < 1.29 is 24.0 Å². The van der Waals surface area contributed by atoms with Gasteiger partial charge in [0.25, 0.3) is 5.69 Å². The summed E-state index contributed by atoms with van der Waals surface area (Å²) in [5, 5.41) is 11.4. The lowest BCUT2D eigenvalue weighted by Crippen LogP contribution is -2.52. The van der Waals surface area contributed by atoms with Crippen molar-refractivity contribution in [1.82, 2.24) is 4.90 Å². The van der Waals surface area contributed by atoms with Gasteiger partial charge in [-0.2, -0.15) is 0 Å². The van der Waals surface area contributed by atoms with Crippen molar-refractivity contribution in [1.29, 1.82) is 0 Å². The van der Waals surface area contributed by atoms with Crippen LogP contribution in [0.15, 0.2) is 24.3 Å². The molecule has 1 unspecified atom stereocenters. The first-order valence-corrected chi connectivity index (χ1v) is 9.45. The highest BCUT2D eigenvalue weighted by atomic mass is 16.6. The summed E-state index contributed by atoms with van der Waals surface area (Å²) in [5.74, 6) is -0.443. The molecule has 1 aromatic rings. The Morgan fingerprint density at radius 2 is 1.96 bits per heavy atom. The fourth-order valence-corrected chi connectivity index (χ4v) is 3.48. The fourth-order valence-electron chi connectivity index (χ4n) is 3.48. The molecule has 0 aliphatic carbocycles. The number of likely N-dealkylation sites (tertiary alicyclic amines) is 1. The second kappa shape index (κ2) is 8.58. The fraction of sp³-hybridized carbons (Fsp3) is 0.600. The Morgan fingerprint density at radius 3 is 2.57 bits per heavy atom. The zero-order valence-electron chi connectivity index (χ0n) is 16.9. The molecular formula is C20H28N2O6. The number of esters is 1. The molecule has 8 nitrogen and oxygen atoms in total. The van der Waals surface area contributed by atoms with Crippen LogP contribution in [0.1, 0.15) is 46.1 Å². The molecule has 1 aliphatic heterocycles. The molecule has 8 heteroatoms. The van der Waals surface area contributed by atoms with Gasteiger partial charge in [0.15, 0.2) is 0 Å². The van der Waals surface area contributed by atoms with Gasteiger partial charge in [0.05, 0.1) is 16.9 Å². The third-order valence-corrected chi connectivity index (χ3v) is 4.65. The normalized spacial score (nSPS) is 19.8. The second-order valence-corrected chi connectivity index (χ2v) is 8.07. The van der Waals surface area contributed by atoms with Crippen LogP contribution in [0.5, 0.6) is 0 Å². The van der Waals surface area contributed by atoms with Crippen molar-refractivity contribution in [2.45, 2.75) is 52.6 Å². The van der Waals surface area contributed by atoms with Gasteiger partial charge in [-0.3, -0.25) is 14.9 Å². The lowest BCUT2D eigenvalue weighted by atomic mass is 9.75. The van der Waals surface area contributed by atoms with E-state index in [2.05, 4.69) is 0 Å². The monoisotopic (exact) mass is 392 g/mol. The van der Waals surface area contributed by atoms with Gasteiger partial charge in [0, 0.05) is 24.7 Å². The number of piperidine rings is 1. The molecule has 0 saturated carbocycles. The minimum atomic E-state index is -1.04. The number of ether oxygens (including phenoxy) is 2. The highest BCUT2D eigenvalue weighted by Crippen LogP contribution is 2.38. The summed E-state index contributed by atoms with van der Waals surface area (Å²) in [7, 11) is 0. The van der Waals surface area contributed by atoms with Gasteiger partial charge in [-0.15, -0.1) is 0 Å². The molecule has 1 atom stereocenters. The van der Waals surface area contributed by atoms with Crippen molar-refractivity contribution in [2.75, 3.05) is 19.7 Å². The molecule has 1 heterocycles. The van der Waals surface area contributed by atoms with Crippen LogP contribution in [0.4, 0.5) is 10.5 Å². The standard InChI is InChI=1S/C20H28N2O6/c1-5-27-17(23)20(13-15-9-6-7-10-16(15)22(25)26)11-8-12-21(14-20)18(24)28-19(2,3)4/h6-7,9-10H,5,8,11-14H2,1-4H3. The number of nitro groups is 1. The van der Waals surface area contributed by atoms with Crippen molar-refractivity contribution in [3.63, 3.8) is 0 Å². The van der Waals surface area contributed by atoms with Gasteiger partial charge in [-0.25, -0.2) is 4.79 Å². The Labute approximate surface area is 164 Å². The summed E-state index contributed by atoms with van der Waals surface area (Å²) >= 11 is 0. The van der Waals surface area contributed by atoms with E-state index in [1.54, 1.807) is 45.9 Å². The molecule has 0 radical (unpaired) electrons. The van der Waals surface area contributed by atoms with Gasteiger partial charge >= 0.3 is 12.1 Å². The molecule has 0 aromatic heterocycles. The zero-order valence-corrected chi connectivity index (χ0v) is 16.9. The maximum Gasteiger partial charge on any atom is 0.410 e. The third-order valence-electron chi connectivity index (χ3n) is 4.65. The van der Waals surface area contributed by atoms with E-state index in [9.17, 15) is 19.7 Å². The summed E-state index contributed by atoms with van der Waals surface area (Å²) in [6.45, 7) is 7.82. The number of nitrogens with zero attached hydrogens (tertiary/aromatic N) is 2. The van der Waals surface area contributed by atoms with Crippen molar-refractivity contribution in [3.05, 3.63) is 39.9 Å². The van der Waals surface area contributed by atoms with Crippen molar-refractivity contribution in [3.8, 4) is 0 Å². The first-order valence-electron chi connectivity index (χ1n) is 9.45. The molecular weight excluding hydrogens is 364 g/mol. The Balaban J connectivity index is 2.35. The number of para-hydroxylation sites is 1. The Morgan fingerprint density at radius 1 is 1.29 bits per heavy atom. The Kier molecular flexibility index (Phi) is 6.64. The number of carbonyl (C=O) groups is 2. The molecule has 1 fully saturated rings. The van der Waals surface area contributed by atoms with E-state index in [0.29, 0.717) is 24.9 Å². The average Bonchev–Trinajstić information content (AvgIpc) is 2.61. The van der Waals surface area contributed by atoms with Crippen LogP contribution in [-0.2, 0) is 20.7 Å². The molecule has 1 aromatic carbocycles. The topological polar surface area (TPSA) is 99.0 Å². The van der Waals surface area contributed by atoms with Gasteiger partial charge in [-0.05, 0) is 47.0 Å². The third kappa shape index (κ3) is 5.21. The van der Waals surface area contributed by atoms with E-state index in [0.717, 1.165) is 0 Å². The highest BCUT2D eigenvalue weighted by Gasteiger charge is 2.46. The Hall–Kier alpha value is -2.64. The van der Waals surface area contributed by atoms with Gasteiger partial charge < -0.3 is 14.4 Å². The molecule has 0 N–H and O–H groups in total. The molecule has 154 valence electrons. The maximum atomic E-state index is 12.9. The lowest BCUT2D eigenvalue weighted by Gasteiger charge is -2.41. The van der Waals surface area contributed by atoms with E-state index in [1.165, 1.54) is 11.0 Å². The number of hydrogen-bond acceptors (Lipinski definition) is 6. The largest absolute Gasteiger partial charge is 0.466 e. The van der Waals surface area contributed by atoms with E-state index in [-0.39, 0.29) is 25.3 Å². The summed E-state index contributed by atoms with van der Waals surface area (Å²) in [5.41, 5.74) is -1.29. The van der Waals surface area contributed by atoms with Crippen molar-refractivity contribution in [2.24, 2.45) is 5.41 Å². The molecule has 0 bridgehead atoms. The average molecular weight is 392 g/mol. The summed E-state index contributed by atoms with van der Waals surface area (Å²) < 4.78 is 10.7. The van der Waals surface area contributed by atoms with E-state index >= 15 is 0 Å². The number of benzene rings is 1. The first kappa shape index (κ1) is 21.7. The van der Waals surface area contributed by atoms with E-state index in [1.807, 2.05) is 0 Å². The second-order valence-electron chi connectivity index (χ2n) is 8.07. The van der Waals surface area contributed by atoms with E-state index in [4.69, 9.17) is 9.47 Å². The number of rotatable bonds is 5. The summed E-state index contributed by atoms with van der Waals surface area (Å²) in [6.07, 6.45) is 0.696. The summed E-state index contributed by atoms with van der Waals surface area (Å²) in [6, 6.07) is 6.36. The van der Waals surface area contributed by atoms with Gasteiger partial charge in [-0.1, -0.05) is 18.2 Å². The molecule has 28 heavy (non-hydrogen) atoms. The number of nitro benzene ring substituents is 1. The lowest BCUT2D eigenvalue weighted by molar-refractivity contribution is -0.385. The number of amides is 1. The maximum absolute atomic E-state index is 12.9. The van der Waals surface area contributed by atoms with Crippen LogP contribution >= 0.6 is 0 Å². The minimum absolute atomic E-state index is 0.0411. The highest BCUT2D eigenvalue weighted by molar-refractivity contribution is 5.79. The van der Waals surface area contributed by atoms with E-state index < -0.39 is 28.0 Å². The van der Waals surface area contributed by atoms with Crippen LogP contribution in [-0.4, -0.2) is 47.2 Å². The number of hydrogen-bond donors (Lipinski definition) is 0. The molecule has 1 saturated heterocycles. The van der Waals surface area contributed by atoms with Crippen molar-refractivity contribution >= 4 is 17.7 Å². The van der Waals surface area contributed by atoms with Crippen LogP contribution in [0.2, 0.25) is 0 Å². The predicted molar refractivity (Wildman–Crippen MR) is 103 cm³/mol. The van der Waals surface area contributed by atoms with Crippen LogP contribution in [0.3, 0.4) is 0 Å². The van der Waals surface area contributed by atoms with Gasteiger partial charge in [0.2, 0.25) is 0 Å². The summed E-state index contributed by atoms with van der Waals surface area (Å²) in [4.78, 5) is 37.9. The smallest absolute Gasteiger partial charge is 0.410 e. The predicted octanol–water partition coefficient (Wildman–Crippen LogP) is 3.72. The SMILES string of the molecule is CCOC(=O)C1(Cc2ccccc2[N+](=O)[O-])CCCN(C(=O)OC(C)(C)C)C1. The quantitative estimate of drug-likeness (QED) is 0.430. The van der Waals surface area contributed by atoms with Crippen LogP contribution < -0.4 is 0 Å². The molecule has 2 rings (SSSR count). The minimum Gasteiger partial charge on any atom is -0.466 e. The van der Waals surface area contributed by atoms with Crippen LogP contribution in [0.25, 0.3) is 0 Å². The molecule has 1 aliphatic rings. The zero-order chi connectivity index (χ0) is 20.9. The molecule has 0 spiro atoms. The molecule has 1 amide bonds. The first-order chi connectivity index (χ1) is 13.1. The van der Waals surface area contributed by atoms with Crippen LogP contribution in [0, 0.1) is 15.5 Å². The number of carbonyl (C=O) groups excluding carboxylic acids is 2. The Bertz CT molecular complexity index is 742. The van der Waals surface area contributed by atoms with Gasteiger partial charge in [0.1, 0.15) is 5.60 Å².